The van der Waals surface area contributed by atoms with Crippen LogP contribution in [0.1, 0.15) is 55.8 Å². The van der Waals surface area contributed by atoms with Crippen LogP contribution in [-0.4, -0.2) is 73.9 Å². The van der Waals surface area contributed by atoms with Crippen LogP contribution in [0.5, 0.6) is 0 Å². The predicted octanol–water partition coefficient (Wildman–Crippen LogP) is 3.07. The summed E-state index contributed by atoms with van der Waals surface area (Å²) in [5.74, 6) is -6.64. The lowest BCUT2D eigenvalue weighted by molar-refractivity contribution is -0.140. The number of piperidine rings is 1. The average Bonchev–Trinajstić information content (AvgIpc) is 3.62. The third-order valence-electron chi connectivity index (χ3n) is 8.15. The Labute approximate surface area is 236 Å². The number of halogens is 3. The molecular weight excluding hydrogens is 565 g/mol. The van der Waals surface area contributed by atoms with Gasteiger partial charge in [-0.3, -0.25) is 14.3 Å². The molecule has 1 atom stereocenters. The molecule has 1 aromatic carbocycles. The van der Waals surface area contributed by atoms with Gasteiger partial charge >= 0.3 is 5.97 Å². The van der Waals surface area contributed by atoms with Crippen molar-refractivity contribution < 1.29 is 41.0 Å². The molecule has 1 spiro atoms. The van der Waals surface area contributed by atoms with E-state index in [4.69, 9.17) is 4.74 Å². The molecular formula is C27H33F3N4O6S. The van der Waals surface area contributed by atoms with E-state index >= 15 is 4.39 Å². The molecule has 1 saturated heterocycles. The van der Waals surface area contributed by atoms with E-state index in [1.54, 1.807) is 0 Å². The highest BCUT2D eigenvalue weighted by molar-refractivity contribution is 7.93. The molecule has 1 amide bonds. The van der Waals surface area contributed by atoms with Crippen molar-refractivity contribution in [2.75, 3.05) is 35.1 Å². The summed E-state index contributed by atoms with van der Waals surface area (Å²) in [4.78, 5) is 28.3. The molecule has 2 heterocycles. The van der Waals surface area contributed by atoms with E-state index in [-0.39, 0.29) is 34.7 Å². The number of benzene rings is 1. The fourth-order valence-electron chi connectivity index (χ4n) is 5.63. The van der Waals surface area contributed by atoms with Crippen LogP contribution in [0.2, 0.25) is 0 Å². The Balaban J connectivity index is 1.39. The van der Waals surface area contributed by atoms with Crippen LogP contribution in [0.25, 0.3) is 0 Å². The summed E-state index contributed by atoms with van der Waals surface area (Å²) in [7, 11) is -4.23. The van der Waals surface area contributed by atoms with Crippen molar-refractivity contribution >= 4 is 33.3 Å². The highest BCUT2D eigenvalue weighted by atomic mass is 32.2. The molecule has 0 aromatic heterocycles. The Morgan fingerprint density at radius 3 is 2.44 bits per heavy atom. The molecule has 10 nitrogen and oxygen atoms in total. The predicted molar refractivity (Wildman–Crippen MR) is 144 cm³/mol. The lowest BCUT2D eigenvalue weighted by atomic mass is 9.86. The van der Waals surface area contributed by atoms with Crippen LogP contribution < -0.4 is 14.9 Å². The number of nitrogens with one attached hydrogen (secondary N) is 2. The highest BCUT2D eigenvalue weighted by Crippen LogP contribution is 2.54. The Bertz CT molecular complexity index is 1380. The molecule has 1 unspecified atom stereocenters. The first-order valence-corrected chi connectivity index (χ1v) is 15.2. The summed E-state index contributed by atoms with van der Waals surface area (Å²) in [5, 5.41) is 13.3. The van der Waals surface area contributed by atoms with Crippen molar-refractivity contribution in [3.8, 4) is 0 Å². The second-order valence-electron chi connectivity index (χ2n) is 11.2. The number of rotatable bonds is 9. The van der Waals surface area contributed by atoms with E-state index in [9.17, 15) is 31.9 Å². The number of hydrogen-bond donors (Lipinski definition) is 3. The largest absolute Gasteiger partial charge is 0.465 e. The van der Waals surface area contributed by atoms with Gasteiger partial charge in [0.2, 0.25) is 10.0 Å². The van der Waals surface area contributed by atoms with Gasteiger partial charge in [0, 0.05) is 38.2 Å². The number of esters is 1. The number of ether oxygens (including phenoxy) is 1. The Morgan fingerprint density at radius 2 is 1.83 bits per heavy atom. The first-order valence-electron chi connectivity index (χ1n) is 13.6. The topological polar surface area (TPSA) is 128 Å². The third kappa shape index (κ3) is 6.48. The number of sulfonamides is 1. The molecule has 0 bridgehead atoms. The first-order chi connectivity index (χ1) is 19.3. The first kappa shape index (κ1) is 29.2. The monoisotopic (exact) mass is 598 g/mol. The quantitative estimate of drug-likeness (QED) is 0.370. The number of allylic oxidation sites excluding steroid dienone is 2. The van der Waals surface area contributed by atoms with Crippen molar-refractivity contribution in [2.45, 2.75) is 63.6 Å². The van der Waals surface area contributed by atoms with Gasteiger partial charge in [-0.15, -0.1) is 0 Å². The standard InChI is InChI=1S/C27H33F3N4O6S/c1-2-40-22(35)16-41(38,39)32-17-12-19(28)23(21(13-17)33-10-7-26(5-6-26)8-11-33)24(36)31-20-4-3-9-34(25(20)37)18-14-27(29,30)15-18/h3-4,9,12-13,18,25,32,37H,2,5-8,10-11,14-16H2,1H3,(H,31,36). The zero-order chi connectivity index (χ0) is 29.6. The smallest absolute Gasteiger partial charge is 0.323 e. The molecule has 0 radical (unpaired) electrons. The number of carbonyl (C=O) groups is 2. The van der Waals surface area contributed by atoms with Gasteiger partial charge in [0.15, 0.2) is 12.0 Å². The zero-order valence-corrected chi connectivity index (χ0v) is 23.4. The molecule has 1 aromatic rings. The van der Waals surface area contributed by atoms with E-state index in [0.29, 0.717) is 13.1 Å². The van der Waals surface area contributed by atoms with E-state index in [2.05, 4.69) is 10.0 Å². The lowest BCUT2D eigenvalue weighted by Gasteiger charge is -2.45. The Hall–Kier alpha value is -3.26. The number of aliphatic hydroxyl groups excluding tert-OH is 1. The highest BCUT2D eigenvalue weighted by Gasteiger charge is 2.49. The molecule has 2 aliphatic carbocycles. The van der Waals surface area contributed by atoms with Crippen molar-refractivity contribution in [3.63, 3.8) is 0 Å². The molecule has 224 valence electrons. The maximum absolute atomic E-state index is 15.6. The van der Waals surface area contributed by atoms with Gasteiger partial charge in [0.1, 0.15) is 5.82 Å². The number of alkyl halides is 2. The summed E-state index contributed by atoms with van der Waals surface area (Å²) in [6.07, 6.45) is 5.98. The summed E-state index contributed by atoms with van der Waals surface area (Å²) < 4.78 is 74.4. The van der Waals surface area contributed by atoms with Gasteiger partial charge in [0.25, 0.3) is 11.8 Å². The third-order valence-corrected chi connectivity index (χ3v) is 9.31. The molecule has 2 saturated carbocycles. The SMILES string of the molecule is CCOC(=O)CS(=O)(=O)Nc1cc(F)c(C(=O)NC2=CC=CN(C3CC(F)(F)C3)C2O)c(N2CCC3(CC2)CC3)c1. The number of nitrogens with zero attached hydrogens (tertiary/aromatic N) is 2. The van der Waals surface area contributed by atoms with Gasteiger partial charge in [-0.05, 0) is 62.3 Å². The second kappa shape index (κ2) is 10.9. The number of anilines is 2. The fraction of sp³-hybridized carbons (Fsp3) is 0.556. The van der Waals surface area contributed by atoms with Gasteiger partial charge in [-0.1, -0.05) is 0 Å². The normalized spacial score (nSPS) is 23.0. The van der Waals surface area contributed by atoms with Crippen molar-refractivity contribution in [1.82, 2.24) is 10.2 Å². The van der Waals surface area contributed by atoms with Gasteiger partial charge in [-0.2, -0.15) is 0 Å². The summed E-state index contributed by atoms with van der Waals surface area (Å²) in [6.45, 7) is 2.59. The summed E-state index contributed by atoms with van der Waals surface area (Å²) >= 11 is 0. The number of hydrogen-bond acceptors (Lipinski definition) is 8. The van der Waals surface area contributed by atoms with Crippen molar-refractivity contribution in [1.29, 1.82) is 0 Å². The van der Waals surface area contributed by atoms with E-state index in [1.807, 2.05) is 4.90 Å². The van der Waals surface area contributed by atoms with Crippen molar-refractivity contribution in [2.24, 2.45) is 5.41 Å². The van der Waals surface area contributed by atoms with E-state index < -0.39 is 64.5 Å². The Kier molecular flexibility index (Phi) is 7.74. The number of amides is 1. The van der Waals surface area contributed by atoms with E-state index in [1.165, 1.54) is 36.2 Å². The molecule has 5 rings (SSSR count). The minimum absolute atomic E-state index is 0.000787. The van der Waals surface area contributed by atoms with Gasteiger partial charge in [-0.25, -0.2) is 21.6 Å². The van der Waals surface area contributed by atoms with Gasteiger partial charge < -0.3 is 25.0 Å². The van der Waals surface area contributed by atoms with Crippen LogP contribution in [0, 0.1) is 11.2 Å². The summed E-state index contributed by atoms with van der Waals surface area (Å²) in [6, 6.07) is 1.58. The van der Waals surface area contributed by atoms with E-state index in [0.717, 1.165) is 31.7 Å². The zero-order valence-electron chi connectivity index (χ0n) is 22.5. The van der Waals surface area contributed by atoms with Crippen LogP contribution in [0.15, 0.2) is 36.2 Å². The molecule has 14 heteroatoms. The second-order valence-corrected chi connectivity index (χ2v) is 12.9. The molecule has 4 aliphatic rings. The van der Waals surface area contributed by atoms with Crippen LogP contribution in [-0.2, 0) is 19.6 Å². The molecule has 2 aliphatic heterocycles. The minimum Gasteiger partial charge on any atom is -0.465 e. The fourth-order valence-corrected chi connectivity index (χ4v) is 6.58. The van der Waals surface area contributed by atoms with Crippen LogP contribution in [0.4, 0.5) is 24.5 Å². The number of aliphatic hydroxyl groups is 1. The lowest BCUT2D eigenvalue weighted by Crippen LogP contribution is -2.54. The maximum atomic E-state index is 15.6. The number of carbonyl (C=O) groups excluding carboxylic acids is 2. The minimum atomic E-state index is -4.23. The summed E-state index contributed by atoms with van der Waals surface area (Å²) in [5.41, 5.74) is -0.102. The Morgan fingerprint density at radius 1 is 1.15 bits per heavy atom. The van der Waals surface area contributed by atoms with Crippen molar-refractivity contribution in [3.05, 3.63) is 47.6 Å². The molecule has 3 fully saturated rings. The average molecular weight is 599 g/mol. The van der Waals surface area contributed by atoms with Crippen LogP contribution in [0.3, 0.4) is 0 Å². The van der Waals surface area contributed by atoms with Gasteiger partial charge in [0.05, 0.1) is 29.2 Å². The molecule has 41 heavy (non-hydrogen) atoms. The molecule has 3 N–H and O–H groups in total. The maximum Gasteiger partial charge on any atom is 0.323 e. The van der Waals surface area contributed by atoms with Crippen LogP contribution >= 0.6 is 0 Å².